The van der Waals surface area contributed by atoms with Crippen molar-refractivity contribution in [1.29, 1.82) is 0 Å². The van der Waals surface area contributed by atoms with Crippen LogP contribution in [-0.2, 0) is 11.3 Å². The van der Waals surface area contributed by atoms with Crippen molar-refractivity contribution >= 4 is 35.4 Å². The van der Waals surface area contributed by atoms with Crippen molar-refractivity contribution in [2.75, 3.05) is 5.43 Å². The van der Waals surface area contributed by atoms with Gasteiger partial charge >= 0.3 is 0 Å². The number of benzene rings is 2. The number of aromatic nitrogens is 3. The molecule has 2 aromatic carbocycles. The number of rotatable bonds is 5. The second-order valence-electron chi connectivity index (χ2n) is 5.49. The molecule has 25 heavy (non-hydrogen) atoms. The number of carbonyl (C=O) groups excluding carboxylic acids is 1. The number of hydrazine groups is 1. The maximum Gasteiger partial charge on any atom is 0.258 e. The summed E-state index contributed by atoms with van der Waals surface area (Å²) >= 11 is 11.2. The molecular weight excluding hydrogens is 358 g/mol. The van der Waals surface area contributed by atoms with Crippen LogP contribution in [-0.4, -0.2) is 20.7 Å². The number of amides is 1. The molecule has 1 heterocycles. The molecule has 3 aromatic rings. The molecule has 3 rings (SSSR count). The molecule has 0 spiro atoms. The topological polar surface area (TPSA) is 74.7 Å². The van der Waals surface area contributed by atoms with Crippen LogP contribution in [0.2, 0.25) is 5.02 Å². The average molecular weight is 374 g/mol. The van der Waals surface area contributed by atoms with E-state index in [1.807, 2.05) is 31.2 Å². The van der Waals surface area contributed by atoms with Crippen LogP contribution in [0.15, 0.2) is 48.5 Å². The standard InChI is InChI=1S/C17H16ClN5OS/c1-11-5-7-12(8-6-11)16-21-22-17(25)23(16)10-15(24)20-19-14-4-2-3-13(18)9-14/h2-9,19H,10H2,1H3,(H,20,24)(H,22,25). The molecule has 0 saturated heterocycles. The average Bonchev–Trinajstić information content (AvgIpc) is 2.95. The minimum absolute atomic E-state index is 0.0338. The number of hydrogen-bond donors (Lipinski definition) is 3. The number of nitrogens with zero attached hydrogens (tertiary/aromatic N) is 2. The van der Waals surface area contributed by atoms with Crippen LogP contribution in [0, 0.1) is 11.7 Å². The SMILES string of the molecule is Cc1ccc(-c2n[nH]c(=S)n2CC(=O)NNc2cccc(Cl)c2)cc1. The van der Waals surface area contributed by atoms with Crippen LogP contribution >= 0.6 is 23.8 Å². The van der Waals surface area contributed by atoms with Gasteiger partial charge in [0, 0.05) is 10.6 Å². The Morgan fingerprint density at radius 2 is 2.04 bits per heavy atom. The van der Waals surface area contributed by atoms with E-state index in [0.717, 1.165) is 11.1 Å². The van der Waals surface area contributed by atoms with Crippen LogP contribution in [0.25, 0.3) is 11.4 Å². The summed E-state index contributed by atoms with van der Waals surface area (Å²) < 4.78 is 2.03. The minimum Gasteiger partial charge on any atom is -0.299 e. The molecule has 0 unspecified atom stereocenters. The van der Waals surface area contributed by atoms with Crippen molar-refractivity contribution < 1.29 is 4.79 Å². The first-order chi connectivity index (χ1) is 12.0. The van der Waals surface area contributed by atoms with Gasteiger partial charge < -0.3 is 0 Å². The third-order valence-electron chi connectivity index (χ3n) is 3.54. The summed E-state index contributed by atoms with van der Waals surface area (Å²) in [7, 11) is 0. The lowest BCUT2D eigenvalue weighted by Gasteiger charge is -2.10. The Kier molecular flexibility index (Phi) is 5.16. The molecule has 0 aliphatic heterocycles. The second-order valence-corrected chi connectivity index (χ2v) is 6.31. The number of aryl methyl sites for hydroxylation is 1. The Bertz CT molecular complexity index is 948. The molecule has 1 amide bonds. The van der Waals surface area contributed by atoms with Crippen molar-refractivity contribution in [3.05, 3.63) is 63.9 Å². The van der Waals surface area contributed by atoms with Crippen molar-refractivity contribution in [3.63, 3.8) is 0 Å². The normalized spacial score (nSPS) is 10.5. The zero-order valence-electron chi connectivity index (χ0n) is 13.4. The highest BCUT2D eigenvalue weighted by molar-refractivity contribution is 7.71. The van der Waals surface area contributed by atoms with Gasteiger partial charge in [0.25, 0.3) is 5.91 Å². The van der Waals surface area contributed by atoms with Crippen LogP contribution in [0.4, 0.5) is 5.69 Å². The van der Waals surface area contributed by atoms with Gasteiger partial charge in [-0.15, -0.1) is 0 Å². The van der Waals surface area contributed by atoms with E-state index in [4.69, 9.17) is 23.8 Å². The van der Waals surface area contributed by atoms with Gasteiger partial charge in [-0.3, -0.25) is 25.3 Å². The van der Waals surface area contributed by atoms with E-state index >= 15 is 0 Å². The van der Waals surface area contributed by atoms with Crippen LogP contribution in [0.5, 0.6) is 0 Å². The molecule has 8 heteroatoms. The van der Waals surface area contributed by atoms with Gasteiger partial charge in [0.2, 0.25) is 0 Å². The van der Waals surface area contributed by atoms with Crippen LogP contribution < -0.4 is 10.9 Å². The molecule has 1 aromatic heterocycles. The maximum atomic E-state index is 12.2. The zero-order chi connectivity index (χ0) is 17.8. The number of carbonyl (C=O) groups is 1. The van der Waals surface area contributed by atoms with Gasteiger partial charge in [-0.2, -0.15) is 5.10 Å². The Hall–Kier alpha value is -2.64. The fourth-order valence-electron chi connectivity index (χ4n) is 2.28. The smallest absolute Gasteiger partial charge is 0.258 e. The van der Waals surface area contributed by atoms with Gasteiger partial charge in [0.1, 0.15) is 6.54 Å². The molecule has 0 atom stereocenters. The van der Waals surface area contributed by atoms with Crippen LogP contribution in [0.3, 0.4) is 0 Å². The number of halogens is 1. The highest BCUT2D eigenvalue weighted by Crippen LogP contribution is 2.18. The molecule has 0 radical (unpaired) electrons. The summed E-state index contributed by atoms with van der Waals surface area (Å²) in [4.78, 5) is 12.2. The lowest BCUT2D eigenvalue weighted by molar-refractivity contribution is -0.121. The van der Waals surface area contributed by atoms with Crippen molar-refractivity contribution in [2.45, 2.75) is 13.5 Å². The van der Waals surface area contributed by atoms with Crippen molar-refractivity contribution in [1.82, 2.24) is 20.2 Å². The summed E-state index contributed by atoms with van der Waals surface area (Å²) in [6, 6.07) is 14.9. The number of H-pyrrole nitrogens is 1. The fourth-order valence-corrected chi connectivity index (χ4v) is 2.67. The lowest BCUT2D eigenvalue weighted by Crippen LogP contribution is -2.32. The Balaban J connectivity index is 1.72. The maximum absolute atomic E-state index is 12.2. The first kappa shape index (κ1) is 17.2. The summed E-state index contributed by atoms with van der Waals surface area (Å²) in [5.74, 6) is 0.355. The first-order valence-corrected chi connectivity index (χ1v) is 8.34. The Morgan fingerprint density at radius 3 is 2.76 bits per heavy atom. The highest BCUT2D eigenvalue weighted by Gasteiger charge is 2.12. The molecule has 3 N–H and O–H groups in total. The first-order valence-electron chi connectivity index (χ1n) is 7.55. The summed E-state index contributed by atoms with van der Waals surface area (Å²) in [6.07, 6.45) is 0. The second kappa shape index (κ2) is 7.50. The molecule has 6 nitrogen and oxygen atoms in total. The largest absolute Gasteiger partial charge is 0.299 e. The highest BCUT2D eigenvalue weighted by atomic mass is 35.5. The van der Waals surface area contributed by atoms with E-state index in [2.05, 4.69) is 21.0 Å². The number of hydrogen-bond acceptors (Lipinski definition) is 4. The molecule has 0 bridgehead atoms. The molecule has 128 valence electrons. The minimum atomic E-state index is -0.258. The van der Waals surface area contributed by atoms with Gasteiger partial charge in [0.15, 0.2) is 10.6 Å². The summed E-state index contributed by atoms with van der Waals surface area (Å²) in [5, 5.41) is 7.54. The Morgan fingerprint density at radius 1 is 1.28 bits per heavy atom. The van der Waals surface area contributed by atoms with E-state index in [1.54, 1.807) is 28.8 Å². The predicted octanol–water partition coefficient (Wildman–Crippen LogP) is 3.71. The summed E-state index contributed by atoms with van der Waals surface area (Å²) in [5.41, 5.74) is 8.16. The number of anilines is 1. The van der Waals surface area contributed by atoms with Crippen molar-refractivity contribution in [2.24, 2.45) is 0 Å². The molecular formula is C17H16ClN5OS. The van der Waals surface area contributed by atoms with Gasteiger partial charge in [0.05, 0.1) is 5.69 Å². The van der Waals surface area contributed by atoms with Crippen molar-refractivity contribution in [3.8, 4) is 11.4 Å². The van der Waals surface area contributed by atoms with E-state index < -0.39 is 0 Å². The predicted molar refractivity (Wildman–Crippen MR) is 101 cm³/mol. The number of aromatic amines is 1. The van der Waals surface area contributed by atoms with E-state index in [9.17, 15) is 4.79 Å². The number of nitrogens with one attached hydrogen (secondary N) is 3. The summed E-state index contributed by atoms with van der Waals surface area (Å²) in [6.45, 7) is 2.04. The molecule has 0 saturated carbocycles. The third kappa shape index (κ3) is 4.26. The lowest BCUT2D eigenvalue weighted by atomic mass is 10.1. The van der Waals surface area contributed by atoms with Gasteiger partial charge in [-0.1, -0.05) is 47.5 Å². The van der Waals surface area contributed by atoms with E-state index in [-0.39, 0.29) is 12.5 Å². The molecule has 0 aliphatic rings. The quantitative estimate of drug-likeness (QED) is 0.470. The zero-order valence-corrected chi connectivity index (χ0v) is 15.0. The van der Waals surface area contributed by atoms with Gasteiger partial charge in [-0.25, -0.2) is 0 Å². The van der Waals surface area contributed by atoms with E-state index in [0.29, 0.717) is 21.3 Å². The molecule has 0 fully saturated rings. The third-order valence-corrected chi connectivity index (χ3v) is 4.09. The van der Waals surface area contributed by atoms with Gasteiger partial charge in [-0.05, 0) is 37.3 Å². The monoisotopic (exact) mass is 373 g/mol. The Labute approximate surface area is 154 Å². The van der Waals surface area contributed by atoms with E-state index in [1.165, 1.54) is 0 Å². The molecule has 0 aliphatic carbocycles. The van der Waals surface area contributed by atoms with Crippen LogP contribution in [0.1, 0.15) is 5.56 Å². The fraction of sp³-hybridized carbons (Fsp3) is 0.118.